The predicted octanol–water partition coefficient (Wildman–Crippen LogP) is 7.86. The molecule has 41 heavy (non-hydrogen) atoms. The van der Waals surface area contributed by atoms with Crippen molar-refractivity contribution in [2.75, 3.05) is 0 Å². The molecule has 7 heteroatoms. The average molecular weight is 561 g/mol. The Morgan fingerprint density at radius 2 is 1.20 bits per heavy atom. The maximum absolute atomic E-state index is 12.7. The van der Waals surface area contributed by atoms with Crippen LogP contribution in [0.15, 0.2) is 45.6 Å². The molecule has 0 aliphatic carbocycles. The first-order chi connectivity index (χ1) is 19.1. The van der Waals surface area contributed by atoms with Gasteiger partial charge in [-0.3, -0.25) is 19.6 Å². The van der Waals surface area contributed by atoms with E-state index >= 15 is 0 Å². The molecule has 7 nitrogen and oxygen atoms in total. The van der Waals surface area contributed by atoms with E-state index in [9.17, 15) is 14.4 Å². The Hall–Kier alpha value is -3.87. The smallest absolute Gasteiger partial charge is 0.431 e. The molecule has 0 radical (unpaired) electrons. The summed E-state index contributed by atoms with van der Waals surface area (Å²) in [6.45, 7) is 20.2. The molecule has 1 unspecified atom stereocenters. The number of ether oxygens (including phenoxy) is 2. The number of Topliss-reactive ketones (excluding diaryl/α,β-unsaturated/α-hetero) is 2. The molecular weight excluding hydrogens is 516 g/mol. The fraction of sp³-hybridized carbons (Fsp3) is 0.441. The van der Waals surface area contributed by atoms with Gasteiger partial charge >= 0.3 is 6.16 Å². The molecule has 2 aromatic rings. The minimum absolute atomic E-state index is 0.00968. The van der Waals surface area contributed by atoms with Gasteiger partial charge in [-0.05, 0) is 110 Å². The Bertz CT molecular complexity index is 1350. The van der Waals surface area contributed by atoms with Crippen LogP contribution in [0.2, 0.25) is 0 Å². The highest BCUT2D eigenvalue weighted by atomic mass is 16.7. The van der Waals surface area contributed by atoms with Gasteiger partial charge in [-0.2, -0.15) is 0 Å². The van der Waals surface area contributed by atoms with Crippen molar-refractivity contribution in [3.8, 4) is 0 Å². The number of allylic oxidation sites excluding steroid dienone is 2. The van der Waals surface area contributed by atoms with Crippen LogP contribution in [-0.4, -0.2) is 36.3 Å². The van der Waals surface area contributed by atoms with E-state index < -0.39 is 18.2 Å². The number of rotatable bonds is 11. The summed E-state index contributed by atoms with van der Waals surface area (Å²) < 4.78 is 10.4. The normalized spacial score (nSPS) is 13.9. The second-order valence-electron chi connectivity index (χ2n) is 11.1. The molecule has 0 heterocycles. The topological polar surface area (TPSA) is 94.4 Å². The van der Waals surface area contributed by atoms with Crippen LogP contribution in [0, 0.1) is 41.5 Å². The Kier molecular flexibility index (Phi) is 11.9. The molecule has 0 saturated carbocycles. The third-order valence-electron chi connectivity index (χ3n) is 6.70. The standard InChI is InChI=1S/C34H44N2O5/c1-19(2)40-34(39)41-28(11)29(27(10)38)18-36-33(31-24(7)16-21(4)17-25(31)8)32(35-13-12-26(9)37)30-22(5)14-20(3)15-23(30)6/h13-19,32-33H,12H2,1-11H3/b29-28+,35-13?,36-18?/t32?,33-/m1/s1. The van der Waals surface area contributed by atoms with Crippen molar-refractivity contribution >= 4 is 30.2 Å². The van der Waals surface area contributed by atoms with Crippen molar-refractivity contribution < 1.29 is 23.9 Å². The minimum Gasteiger partial charge on any atom is -0.431 e. The SMILES string of the molecule is CC(=O)CC=NC(c1c(C)cc(C)cc1C)[C@H](N=C/C(C(C)=O)=C(/C)OC(=O)OC(C)C)c1c(C)cc(C)cc1C. The Morgan fingerprint density at radius 3 is 1.59 bits per heavy atom. The van der Waals surface area contributed by atoms with Crippen LogP contribution in [-0.2, 0) is 19.1 Å². The molecule has 0 N–H and O–H groups in total. The summed E-state index contributed by atoms with van der Waals surface area (Å²) >= 11 is 0. The van der Waals surface area contributed by atoms with Gasteiger partial charge in [0.05, 0.1) is 11.7 Å². The monoisotopic (exact) mass is 560 g/mol. The summed E-state index contributed by atoms with van der Waals surface area (Å²) in [4.78, 5) is 46.6. The molecular formula is C34H44N2O5. The first-order valence-electron chi connectivity index (χ1n) is 13.9. The van der Waals surface area contributed by atoms with E-state index in [4.69, 9.17) is 19.5 Å². The lowest BCUT2D eigenvalue weighted by Gasteiger charge is -2.28. The summed E-state index contributed by atoms with van der Waals surface area (Å²) in [6, 6.07) is 7.42. The fourth-order valence-electron chi connectivity index (χ4n) is 5.22. The number of carbonyl (C=O) groups excluding carboxylic acids is 3. The number of hydrogen-bond donors (Lipinski definition) is 0. The lowest BCUT2D eigenvalue weighted by molar-refractivity contribution is -0.116. The van der Waals surface area contributed by atoms with Gasteiger partial charge in [0, 0.05) is 18.9 Å². The number of nitrogens with zero attached hydrogens (tertiary/aromatic N) is 2. The maximum Gasteiger partial charge on any atom is 0.513 e. The van der Waals surface area contributed by atoms with Gasteiger partial charge in [-0.25, -0.2) is 4.79 Å². The van der Waals surface area contributed by atoms with Crippen LogP contribution in [0.25, 0.3) is 0 Å². The highest BCUT2D eigenvalue weighted by Crippen LogP contribution is 2.41. The minimum atomic E-state index is -0.885. The third-order valence-corrected chi connectivity index (χ3v) is 6.70. The second-order valence-corrected chi connectivity index (χ2v) is 11.1. The first kappa shape index (κ1) is 33.3. The van der Waals surface area contributed by atoms with Crippen LogP contribution in [0.4, 0.5) is 4.79 Å². The zero-order chi connectivity index (χ0) is 31.0. The lowest BCUT2D eigenvalue weighted by atomic mass is 9.84. The molecule has 0 amide bonds. The molecule has 2 aromatic carbocycles. The largest absolute Gasteiger partial charge is 0.513 e. The second kappa shape index (κ2) is 14.7. The lowest BCUT2D eigenvalue weighted by Crippen LogP contribution is -2.16. The van der Waals surface area contributed by atoms with Crippen molar-refractivity contribution in [2.45, 2.75) is 101 Å². The number of carbonyl (C=O) groups is 3. The average Bonchev–Trinajstić information content (AvgIpc) is 2.79. The van der Waals surface area contributed by atoms with Crippen molar-refractivity contribution in [1.29, 1.82) is 0 Å². The molecule has 0 spiro atoms. The quantitative estimate of drug-likeness (QED) is 0.121. The fourth-order valence-corrected chi connectivity index (χ4v) is 5.22. The van der Waals surface area contributed by atoms with E-state index in [0.717, 1.165) is 44.5 Å². The van der Waals surface area contributed by atoms with Crippen molar-refractivity contribution in [1.82, 2.24) is 0 Å². The molecule has 0 aromatic heterocycles. The van der Waals surface area contributed by atoms with E-state index in [1.54, 1.807) is 27.0 Å². The summed E-state index contributed by atoms with van der Waals surface area (Å²) in [6.07, 6.45) is 2.08. The summed E-state index contributed by atoms with van der Waals surface area (Å²) in [5.74, 6) is -0.197. The molecule has 0 saturated heterocycles. The summed E-state index contributed by atoms with van der Waals surface area (Å²) in [5, 5.41) is 0. The summed E-state index contributed by atoms with van der Waals surface area (Å²) in [7, 11) is 0. The highest BCUT2D eigenvalue weighted by Gasteiger charge is 2.29. The van der Waals surface area contributed by atoms with Gasteiger partial charge in [-0.1, -0.05) is 35.4 Å². The number of hydrogen-bond acceptors (Lipinski definition) is 7. The van der Waals surface area contributed by atoms with E-state index in [0.29, 0.717) is 0 Å². The number of aliphatic imine (C=N–C) groups is 2. The molecule has 0 fully saturated rings. The maximum atomic E-state index is 12.7. The van der Waals surface area contributed by atoms with Gasteiger partial charge < -0.3 is 9.47 Å². The van der Waals surface area contributed by atoms with E-state index in [2.05, 4.69) is 45.0 Å². The zero-order valence-electron chi connectivity index (χ0n) is 26.3. The van der Waals surface area contributed by atoms with Crippen LogP contribution in [0.3, 0.4) is 0 Å². The van der Waals surface area contributed by atoms with Crippen LogP contribution < -0.4 is 0 Å². The Balaban J connectivity index is 2.85. The van der Waals surface area contributed by atoms with E-state index in [1.807, 2.05) is 20.8 Å². The van der Waals surface area contributed by atoms with Gasteiger partial charge in [0.1, 0.15) is 23.6 Å². The Morgan fingerprint density at radius 1 is 0.756 bits per heavy atom. The van der Waals surface area contributed by atoms with E-state index in [-0.39, 0.29) is 35.4 Å². The van der Waals surface area contributed by atoms with Crippen molar-refractivity contribution in [2.24, 2.45) is 9.98 Å². The van der Waals surface area contributed by atoms with E-state index in [1.165, 1.54) is 20.1 Å². The number of benzene rings is 2. The summed E-state index contributed by atoms with van der Waals surface area (Å²) in [5.41, 5.74) is 8.63. The van der Waals surface area contributed by atoms with Gasteiger partial charge in [0.15, 0.2) is 5.78 Å². The molecule has 0 bridgehead atoms. The molecule has 0 aliphatic rings. The van der Waals surface area contributed by atoms with Crippen molar-refractivity contribution in [3.05, 3.63) is 80.1 Å². The van der Waals surface area contributed by atoms with Gasteiger partial charge in [0.25, 0.3) is 0 Å². The van der Waals surface area contributed by atoms with Crippen LogP contribution in [0.5, 0.6) is 0 Å². The van der Waals surface area contributed by atoms with Gasteiger partial charge in [-0.15, -0.1) is 0 Å². The van der Waals surface area contributed by atoms with Gasteiger partial charge in [0.2, 0.25) is 0 Å². The molecule has 2 atom stereocenters. The number of aryl methyl sites for hydroxylation is 6. The Labute approximate surface area is 244 Å². The molecule has 0 aliphatic heterocycles. The first-order valence-corrected chi connectivity index (χ1v) is 13.9. The molecule has 220 valence electrons. The molecule has 2 rings (SSSR count). The van der Waals surface area contributed by atoms with Crippen molar-refractivity contribution in [3.63, 3.8) is 0 Å². The predicted molar refractivity (Wildman–Crippen MR) is 165 cm³/mol. The van der Waals surface area contributed by atoms with Crippen LogP contribution in [0.1, 0.15) is 97.6 Å². The third kappa shape index (κ3) is 9.34. The number of ketones is 2. The highest BCUT2D eigenvalue weighted by molar-refractivity contribution is 6.12. The van der Waals surface area contributed by atoms with Crippen LogP contribution >= 0.6 is 0 Å². The zero-order valence-corrected chi connectivity index (χ0v) is 26.3.